The molecular weight excluding hydrogens is 322 g/mol. The van der Waals surface area contributed by atoms with Crippen molar-refractivity contribution >= 4 is 28.8 Å². The van der Waals surface area contributed by atoms with Crippen molar-refractivity contribution in [3.63, 3.8) is 0 Å². The molecule has 1 aromatic carbocycles. The van der Waals surface area contributed by atoms with Crippen LogP contribution in [0.3, 0.4) is 0 Å². The normalized spacial score (nSPS) is 10.3. The number of halogens is 1. The van der Waals surface area contributed by atoms with E-state index in [-0.39, 0.29) is 12.5 Å². The first kappa shape index (κ1) is 16.6. The molecular formula is C16H18ClNO3S. The van der Waals surface area contributed by atoms with Crippen molar-refractivity contribution in [2.45, 2.75) is 13.5 Å². The Morgan fingerprint density at radius 1 is 1.14 bits per heavy atom. The Kier molecular flexibility index (Phi) is 6.10. The SMILES string of the molecule is CCOc1ccc(OCC(=O)N(C)Cc2ccc(Cl)s2)cc1. The number of likely N-dealkylation sites (N-methyl/N-ethyl adjacent to an activating group) is 1. The number of carbonyl (C=O) groups is 1. The lowest BCUT2D eigenvalue weighted by Crippen LogP contribution is -2.30. The highest BCUT2D eigenvalue weighted by molar-refractivity contribution is 7.16. The summed E-state index contributed by atoms with van der Waals surface area (Å²) in [6.45, 7) is 3.09. The van der Waals surface area contributed by atoms with Crippen molar-refractivity contribution in [3.8, 4) is 11.5 Å². The van der Waals surface area contributed by atoms with E-state index in [9.17, 15) is 4.79 Å². The minimum Gasteiger partial charge on any atom is -0.494 e. The Bertz CT molecular complexity index is 612. The minimum atomic E-state index is -0.0848. The van der Waals surface area contributed by atoms with E-state index in [0.717, 1.165) is 15.0 Å². The van der Waals surface area contributed by atoms with Crippen LogP contribution in [-0.2, 0) is 11.3 Å². The maximum absolute atomic E-state index is 12.0. The molecule has 0 aliphatic heterocycles. The van der Waals surface area contributed by atoms with E-state index in [0.29, 0.717) is 18.9 Å². The lowest BCUT2D eigenvalue weighted by molar-refractivity contribution is -0.132. The molecule has 0 radical (unpaired) electrons. The molecule has 0 N–H and O–H groups in total. The number of hydrogen-bond donors (Lipinski definition) is 0. The van der Waals surface area contributed by atoms with Gasteiger partial charge in [-0.05, 0) is 43.3 Å². The van der Waals surface area contributed by atoms with Crippen molar-refractivity contribution in [2.75, 3.05) is 20.3 Å². The van der Waals surface area contributed by atoms with Crippen molar-refractivity contribution < 1.29 is 14.3 Å². The third-order valence-electron chi connectivity index (χ3n) is 2.94. The topological polar surface area (TPSA) is 38.8 Å². The summed E-state index contributed by atoms with van der Waals surface area (Å²) >= 11 is 7.35. The number of nitrogens with zero attached hydrogens (tertiary/aromatic N) is 1. The molecule has 22 heavy (non-hydrogen) atoms. The summed E-state index contributed by atoms with van der Waals surface area (Å²) in [4.78, 5) is 14.7. The predicted octanol–water partition coefficient (Wildman–Crippen LogP) is 3.84. The van der Waals surface area contributed by atoms with E-state index in [1.54, 1.807) is 24.1 Å². The van der Waals surface area contributed by atoms with Crippen LogP contribution in [0, 0.1) is 0 Å². The van der Waals surface area contributed by atoms with E-state index < -0.39 is 0 Å². The maximum Gasteiger partial charge on any atom is 0.260 e. The van der Waals surface area contributed by atoms with Gasteiger partial charge in [-0.1, -0.05) is 11.6 Å². The van der Waals surface area contributed by atoms with Crippen molar-refractivity contribution in [3.05, 3.63) is 45.6 Å². The number of thiophene rings is 1. The van der Waals surface area contributed by atoms with Crippen LogP contribution >= 0.6 is 22.9 Å². The van der Waals surface area contributed by atoms with Crippen LogP contribution in [-0.4, -0.2) is 31.1 Å². The zero-order chi connectivity index (χ0) is 15.9. The highest BCUT2D eigenvalue weighted by atomic mass is 35.5. The molecule has 0 atom stereocenters. The summed E-state index contributed by atoms with van der Waals surface area (Å²) in [7, 11) is 1.75. The van der Waals surface area contributed by atoms with Crippen molar-refractivity contribution in [2.24, 2.45) is 0 Å². The van der Waals surface area contributed by atoms with Crippen molar-refractivity contribution in [1.82, 2.24) is 4.90 Å². The van der Waals surface area contributed by atoms with E-state index in [4.69, 9.17) is 21.1 Å². The van der Waals surface area contributed by atoms with Gasteiger partial charge < -0.3 is 14.4 Å². The van der Waals surface area contributed by atoms with Crippen LogP contribution in [0.1, 0.15) is 11.8 Å². The smallest absolute Gasteiger partial charge is 0.260 e. The average Bonchev–Trinajstić information content (AvgIpc) is 2.91. The molecule has 0 spiro atoms. The highest BCUT2D eigenvalue weighted by Crippen LogP contribution is 2.22. The van der Waals surface area contributed by atoms with Gasteiger partial charge in [0.05, 0.1) is 17.5 Å². The molecule has 0 aliphatic rings. The van der Waals surface area contributed by atoms with Gasteiger partial charge >= 0.3 is 0 Å². The fourth-order valence-corrected chi connectivity index (χ4v) is 2.95. The van der Waals surface area contributed by atoms with Gasteiger partial charge in [-0.25, -0.2) is 0 Å². The number of benzene rings is 1. The Morgan fingerprint density at radius 3 is 2.32 bits per heavy atom. The van der Waals surface area contributed by atoms with Gasteiger partial charge in [-0.15, -0.1) is 11.3 Å². The van der Waals surface area contributed by atoms with Crippen LogP contribution in [0.25, 0.3) is 0 Å². The van der Waals surface area contributed by atoms with E-state index in [2.05, 4.69) is 0 Å². The van der Waals surface area contributed by atoms with Gasteiger partial charge in [0.25, 0.3) is 5.91 Å². The zero-order valence-corrected chi connectivity index (χ0v) is 14.1. The molecule has 4 nitrogen and oxygen atoms in total. The minimum absolute atomic E-state index is 0.00356. The summed E-state index contributed by atoms with van der Waals surface area (Å²) in [5.41, 5.74) is 0. The molecule has 0 unspecified atom stereocenters. The van der Waals surface area contributed by atoms with E-state index in [1.807, 2.05) is 31.2 Å². The Labute approximate surface area is 139 Å². The second kappa shape index (κ2) is 8.06. The monoisotopic (exact) mass is 339 g/mol. The fraction of sp³-hybridized carbons (Fsp3) is 0.312. The maximum atomic E-state index is 12.0. The number of amides is 1. The lowest BCUT2D eigenvalue weighted by Gasteiger charge is -2.16. The predicted molar refractivity (Wildman–Crippen MR) is 88.9 cm³/mol. The molecule has 1 aromatic heterocycles. The average molecular weight is 340 g/mol. The molecule has 2 aromatic rings. The standard InChI is InChI=1S/C16H18ClNO3S/c1-3-20-12-4-6-13(7-5-12)21-11-16(19)18(2)10-14-8-9-15(17)22-14/h4-9H,3,10-11H2,1-2H3. The molecule has 0 aliphatic carbocycles. The van der Waals surface area contributed by atoms with Crippen LogP contribution < -0.4 is 9.47 Å². The van der Waals surface area contributed by atoms with Crippen LogP contribution in [0.2, 0.25) is 4.34 Å². The molecule has 0 saturated carbocycles. The highest BCUT2D eigenvalue weighted by Gasteiger charge is 2.11. The molecule has 0 bridgehead atoms. The van der Waals surface area contributed by atoms with Gasteiger partial charge in [0.15, 0.2) is 6.61 Å². The van der Waals surface area contributed by atoms with Gasteiger partial charge in [0.1, 0.15) is 11.5 Å². The third kappa shape index (κ3) is 4.93. The summed E-state index contributed by atoms with van der Waals surface area (Å²) < 4.78 is 11.6. The fourth-order valence-electron chi connectivity index (χ4n) is 1.81. The largest absolute Gasteiger partial charge is 0.494 e. The van der Waals surface area contributed by atoms with E-state index in [1.165, 1.54) is 11.3 Å². The Hall–Kier alpha value is -1.72. The van der Waals surface area contributed by atoms with Crippen LogP contribution in [0.4, 0.5) is 0 Å². The quantitative estimate of drug-likeness (QED) is 0.769. The summed E-state index contributed by atoms with van der Waals surface area (Å²) in [5.74, 6) is 1.34. The molecule has 0 saturated heterocycles. The Morgan fingerprint density at radius 2 is 1.77 bits per heavy atom. The van der Waals surface area contributed by atoms with Crippen LogP contribution in [0.5, 0.6) is 11.5 Å². The Balaban J connectivity index is 1.81. The second-order valence-corrected chi connectivity index (χ2v) is 6.45. The third-order valence-corrected chi connectivity index (χ3v) is 4.16. The first-order valence-corrected chi connectivity index (χ1v) is 8.11. The molecule has 6 heteroatoms. The van der Waals surface area contributed by atoms with E-state index >= 15 is 0 Å². The first-order valence-electron chi connectivity index (χ1n) is 6.92. The van der Waals surface area contributed by atoms with Crippen molar-refractivity contribution in [1.29, 1.82) is 0 Å². The lowest BCUT2D eigenvalue weighted by atomic mass is 10.3. The molecule has 118 valence electrons. The molecule has 2 rings (SSSR count). The molecule has 1 heterocycles. The summed E-state index contributed by atoms with van der Waals surface area (Å²) in [6.07, 6.45) is 0. The van der Waals surface area contributed by atoms with Gasteiger partial charge in [0.2, 0.25) is 0 Å². The molecule has 1 amide bonds. The number of rotatable bonds is 7. The summed E-state index contributed by atoms with van der Waals surface area (Å²) in [5, 5.41) is 0. The van der Waals surface area contributed by atoms with Gasteiger partial charge in [-0.2, -0.15) is 0 Å². The summed E-state index contributed by atoms with van der Waals surface area (Å²) in [6, 6.07) is 11.0. The van der Waals surface area contributed by atoms with Gasteiger partial charge in [0, 0.05) is 11.9 Å². The number of hydrogen-bond acceptors (Lipinski definition) is 4. The number of ether oxygens (including phenoxy) is 2. The van der Waals surface area contributed by atoms with Crippen LogP contribution in [0.15, 0.2) is 36.4 Å². The number of carbonyl (C=O) groups excluding carboxylic acids is 1. The zero-order valence-electron chi connectivity index (χ0n) is 12.5. The van der Waals surface area contributed by atoms with Gasteiger partial charge in [-0.3, -0.25) is 4.79 Å². The molecule has 0 fully saturated rings. The second-order valence-electron chi connectivity index (χ2n) is 4.65. The first-order chi connectivity index (χ1) is 10.6.